The number of anilines is 1. The first-order valence-corrected chi connectivity index (χ1v) is 10.1. The van der Waals surface area contributed by atoms with Crippen LogP contribution in [-0.4, -0.2) is 29.6 Å². The molecule has 3 heterocycles. The summed E-state index contributed by atoms with van der Waals surface area (Å²) in [5.74, 6) is 1.06. The van der Waals surface area contributed by atoms with Crippen molar-refractivity contribution in [2.45, 2.75) is 38.3 Å². The Labute approximate surface area is 170 Å². The van der Waals surface area contributed by atoms with Gasteiger partial charge >= 0.3 is 170 Å². The van der Waals surface area contributed by atoms with Crippen LogP contribution in [0.5, 0.6) is 5.75 Å². The van der Waals surface area contributed by atoms with Gasteiger partial charge in [0.1, 0.15) is 0 Å². The van der Waals surface area contributed by atoms with Gasteiger partial charge < -0.3 is 0 Å². The van der Waals surface area contributed by atoms with Crippen molar-refractivity contribution in [3.8, 4) is 5.75 Å². The van der Waals surface area contributed by atoms with Gasteiger partial charge in [-0.25, -0.2) is 0 Å². The Morgan fingerprint density at radius 2 is 2.14 bits per heavy atom. The summed E-state index contributed by atoms with van der Waals surface area (Å²) in [6, 6.07) is 8.33. The minimum atomic E-state index is 0.0108. The zero-order chi connectivity index (χ0) is 19.3. The molecule has 0 unspecified atom stereocenters. The fourth-order valence-electron chi connectivity index (χ4n) is 3.91. The quantitative estimate of drug-likeness (QED) is 0.472. The van der Waals surface area contributed by atoms with Crippen molar-refractivity contribution in [2.75, 3.05) is 5.32 Å². The van der Waals surface area contributed by atoms with Crippen LogP contribution in [-0.2, 0) is 17.0 Å². The molecule has 0 aliphatic heterocycles. The monoisotopic (exact) mass is 411 g/mol. The molecule has 0 spiro atoms. The average molecular weight is 411 g/mol. The van der Waals surface area contributed by atoms with E-state index in [0.29, 0.717) is 17.4 Å². The van der Waals surface area contributed by atoms with E-state index in [0.717, 1.165) is 39.0 Å². The maximum absolute atomic E-state index is 10.4. The second-order valence-corrected chi connectivity index (χ2v) is 7.94. The van der Waals surface area contributed by atoms with Crippen LogP contribution in [0.2, 0.25) is 0 Å². The van der Waals surface area contributed by atoms with Crippen LogP contribution in [0.4, 0.5) is 5.82 Å². The van der Waals surface area contributed by atoms with Gasteiger partial charge in [0.2, 0.25) is 0 Å². The normalized spacial score (nSPS) is 15.6. The zero-order valence-corrected chi connectivity index (χ0v) is 16.8. The molecule has 28 heavy (non-hydrogen) atoms. The number of imidazole rings is 1. The molecular formula is C20H20N6OV. The van der Waals surface area contributed by atoms with Crippen LogP contribution in [0.25, 0.3) is 21.9 Å². The van der Waals surface area contributed by atoms with Crippen molar-refractivity contribution in [3.05, 3.63) is 46.6 Å². The van der Waals surface area contributed by atoms with Crippen LogP contribution in [0.1, 0.15) is 44.0 Å². The molecule has 141 valence electrons. The number of H-pyrrole nitrogens is 1. The molecule has 3 aromatic heterocycles. The van der Waals surface area contributed by atoms with Crippen molar-refractivity contribution in [1.29, 1.82) is 0 Å². The number of rotatable bonds is 4. The molecule has 3 N–H and O–H groups in total. The third-order valence-electron chi connectivity index (χ3n) is 5.57. The number of nitrogens with zero attached hydrogens (tertiary/aromatic N) is 4. The van der Waals surface area contributed by atoms with Crippen molar-refractivity contribution >= 4 is 27.8 Å². The summed E-state index contributed by atoms with van der Waals surface area (Å²) in [6.07, 6.45) is 6.72. The van der Waals surface area contributed by atoms with Gasteiger partial charge in [-0.2, -0.15) is 0 Å². The Balaban J connectivity index is 1.65. The predicted molar refractivity (Wildman–Crippen MR) is 103 cm³/mol. The molecule has 0 amide bonds. The number of phenols is 1. The van der Waals surface area contributed by atoms with Crippen LogP contribution in [0.15, 0.2) is 36.9 Å². The summed E-state index contributed by atoms with van der Waals surface area (Å²) in [5.41, 5.74) is 2.62. The molecule has 7 nitrogen and oxygen atoms in total. The van der Waals surface area contributed by atoms with Crippen molar-refractivity contribution in [1.82, 2.24) is 24.5 Å². The van der Waals surface area contributed by atoms with E-state index in [1.807, 2.05) is 12.1 Å². The molecule has 4 aromatic rings. The molecule has 5 rings (SSSR count). The van der Waals surface area contributed by atoms with Gasteiger partial charge in [0, 0.05) is 0 Å². The number of aromatic nitrogens is 5. The van der Waals surface area contributed by atoms with Gasteiger partial charge in [-0.1, -0.05) is 0 Å². The van der Waals surface area contributed by atoms with Crippen LogP contribution >= 0.6 is 0 Å². The number of benzene rings is 1. The van der Waals surface area contributed by atoms with Gasteiger partial charge in [-0.05, 0) is 0 Å². The Morgan fingerprint density at radius 1 is 1.29 bits per heavy atom. The minimum absolute atomic E-state index is 0.0108. The van der Waals surface area contributed by atoms with Gasteiger partial charge in [-0.3, -0.25) is 0 Å². The van der Waals surface area contributed by atoms with Gasteiger partial charge in [0.25, 0.3) is 0 Å². The van der Waals surface area contributed by atoms with Crippen LogP contribution < -0.4 is 5.32 Å². The molecule has 0 radical (unpaired) electrons. The van der Waals surface area contributed by atoms with Gasteiger partial charge in [0.15, 0.2) is 0 Å². The van der Waals surface area contributed by atoms with Crippen LogP contribution in [0, 0.1) is 4.00 Å². The topological polar surface area (TPSA) is 91.7 Å². The number of aromatic hydroxyl groups is 1. The summed E-state index contributed by atoms with van der Waals surface area (Å²) in [7, 11) is 0. The van der Waals surface area contributed by atoms with Gasteiger partial charge in [-0.15, -0.1) is 0 Å². The molecule has 1 aromatic carbocycles. The fourth-order valence-corrected chi connectivity index (χ4v) is 4.72. The van der Waals surface area contributed by atoms with E-state index in [4.69, 9.17) is 0 Å². The molecule has 0 saturated heterocycles. The Hall–Kier alpha value is -2.64. The molecule has 1 atom stereocenters. The number of aromatic amines is 1. The number of phenolic OH excluding ortho intramolecular Hbond substituents is 1. The van der Waals surface area contributed by atoms with E-state index < -0.39 is 0 Å². The Kier molecular flexibility index (Phi) is 4.21. The summed E-state index contributed by atoms with van der Waals surface area (Å²) in [5, 5.41) is 15.9. The summed E-state index contributed by atoms with van der Waals surface area (Å²) in [4.78, 5) is 15.9. The van der Waals surface area contributed by atoms with Crippen molar-refractivity contribution in [2.24, 2.45) is 0 Å². The SMILES string of the molecule is C[C@H](Nc1ncnc2nc[nH]c12)c1cc2cccc(O)c2[c](=[V])n1C1CCC1. The standard InChI is InChI=1S/C20H20N6O.V/c1-12(25-20-18-19(22-10-21-18)23-11-24-20)16-8-13-4-2-7-17(27)15(13)9-26(16)14-5-3-6-14;/h2,4,7-8,10-12,14,27H,3,5-6H2,1H3,(H2,21,22,23,24,25);/t12-;/m0./s1. The molecule has 1 aliphatic carbocycles. The van der Waals surface area contributed by atoms with Crippen molar-refractivity contribution in [3.63, 3.8) is 0 Å². The number of fused-ring (bicyclic) bond motifs is 2. The maximum atomic E-state index is 10.4. The second kappa shape index (κ2) is 6.76. The summed E-state index contributed by atoms with van der Waals surface area (Å²) >= 11 is 2.66. The number of hydrogen-bond acceptors (Lipinski definition) is 5. The molecule has 0 bridgehead atoms. The number of pyridine rings is 1. The predicted octanol–water partition coefficient (Wildman–Crippen LogP) is 3.99. The first kappa shape index (κ1) is 17.5. The van der Waals surface area contributed by atoms with E-state index in [1.165, 1.54) is 18.4 Å². The van der Waals surface area contributed by atoms with E-state index in [-0.39, 0.29) is 6.04 Å². The van der Waals surface area contributed by atoms with E-state index in [9.17, 15) is 5.11 Å². The van der Waals surface area contributed by atoms with E-state index in [2.05, 4.69) is 59.8 Å². The molecule has 1 saturated carbocycles. The summed E-state index contributed by atoms with van der Waals surface area (Å²) < 4.78 is 3.42. The molecule has 1 fully saturated rings. The average Bonchev–Trinajstić information content (AvgIpc) is 3.12. The number of hydrogen-bond donors (Lipinski definition) is 3. The first-order chi connectivity index (χ1) is 13.6. The van der Waals surface area contributed by atoms with Gasteiger partial charge in [0.05, 0.1) is 0 Å². The first-order valence-electron chi connectivity index (χ1n) is 9.43. The summed E-state index contributed by atoms with van der Waals surface area (Å²) in [6.45, 7) is 2.13. The Morgan fingerprint density at radius 3 is 2.93 bits per heavy atom. The Bertz CT molecular complexity index is 1240. The third kappa shape index (κ3) is 2.74. The molecule has 1 aliphatic rings. The second-order valence-electron chi connectivity index (χ2n) is 7.28. The van der Waals surface area contributed by atoms with E-state index >= 15 is 0 Å². The molecule has 8 heteroatoms. The zero-order valence-electron chi connectivity index (χ0n) is 15.4. The van der Waals surface area contributed by atoms with E-state index in [1.54, 1.807) is 12.4 Å². The number of nitrogens with one attached hydrogen (secondary N) is 2. The van der Waals surface area contributed by atoms with Crippen molar-refractivity contribution < 1.29 is 22.1 Å². The molecular weight excluding hydrogens is 391 g/mol. The fraction of sp³-hybridized carbons (Fsp3) is 0.300. The van der Waals surface area contributed by atoms with Crippen LogP contribution in [0.3, 0.4) is 0 Å². The third-order valence-corrected chi connectivity index (χ3v) is 6.25.